The molecule has 1 unspecified atom stereocenters. The van der Waals surface area contributed by atoms with Crippen LogP contribution in [0.15, 0.2) is 24.3 Å². The molecule has 25 heavy (non-hydrogen) atoms. The Kier molecular flexibility index (Phi) is 6.49. The SMILES string of the molecule is Cc1nc(-c2ccc(Cl)cc2)sc1C(C)NC(=O)C1(N)CCCC1.Cl. The first-order chi connectivity index (χ1) is 11.4. The van der Waals surface area contributed by atoms with Crippen LogP contribution in [0.25, 0.3) is 10.6 Å². The Labute approximate surface area is 163 Å². The van der Waals surface area contributed by atoms with E-state index in [0.717, 1.165) is 46.8 Å². The number of halogens is 2. The van der Waals surface area contributed by atoms with Crippen LogP contribution in [0, 0.1) is 6.92 Å². The third-order valence-electron chi connectivity index (χ3n) is 4.61. The molecule has 1 aromatic heterocycles. The second kappa shape index (κ2) is 8.04. The van der Waals surface area contributed by atoms with Crippen LogP contribution in [-0.4, -0.2) is 16.4 Å². The average molecular weight is 400 g/mol. The minimum absolute atomic E-state index is 0. The molecule has 0 aliphatic heterocycles. The lowest BCUT2D eigenvalue weighted by atomic mass is 9.97. The molecule has 1 saturated carbocycles. The largest absolute Gasteiger partial charge is 0.347 e. The Morgan fingerprint density at radius 1 is 1.32 bits per heavy atom. The molecule has 7 heteroatoms. The van der Waals surface area contributed by atoms with Crippen molar-refractivity contribution in [2.45, 2.75) is 51.1 Å². The van der Waals surface area contributed by atoms with Crippen molar-refractivity contribution in [3.63, 3.8) is 0 Å². The molecule has 1 amide bonds. The van der Waals surface area contributed by atoms with Crippen LogP contribution in [0.5, 0.6) is 0 Å². The fourth-order valence-corrected chi connectivity index (χ4v) is 4.36. The van der Waals surface area contributed by atoms with E-state index in [1.165, 1.54) is 0 Å². The normalized spacial score (nSPS) is 17.0. The summed E-state index contributed by atoms with van der Waals surface area (Å²) in [5, 5.41) is 4.72. The lowest BCUT2D eigenvalue weighted by molar-refractivity contribution is -0.126. The number of carbonyl (C=O) groups is 1. The van der Waals surface area contributed by atoms with Gasteiger partial charge in [0.05, 0.1) is 22.2 Å². The predicted molar refractivity (Wildman–Crippen MR) is 106 cm³/mol. The standard InChI is InChI=1S/C18H22ClN3OS.ClH/c1-11-15(12(2)22-17(23)18(20)9-3-4-10-18)24-16(21-11)13-5-7-14(19)8-6-13;/h5-8,12H,3-4,9-10,20H2,1-2H3,(H,22,23);1H. The maximum absolute atomic E-state index is 12.5. The fraction of sp³-hybridized carbons (Fsp3) is 0.444. The first-order valence-electron chi connectivity index (χ1n) is 8.22. The van der Waals surface area contributed by atoms with E-state index < -0.39 is 5.54 Å². The van der Waals surface area contributed by atoms with Crippen LogP contribution in [-0.2, 0) is 4.79 Å². The smallest absolute Gasteiger partial charge is 0.240 e. The number of nitrogens with one attached hydrogen (secondary N) is 1. The zero-order valence-electron chi connectivity index (χ0n) is 14.3. The zero-order valence-corrected chi connectivity index (χ0v) is 16.7. The summed E-state index contributed by atoms with van der Waals surface area (Å²) in [6.45, 7) is 3.96. The highest BCUT2D eigenvalue weighted by atomic mass is 35.5. The Bertz CT molecular complexity index is 739. The molecule has 0 bridgehead atoms. The molecule has 1 atom stereocenters. The van der Waals surface area contributed by atoms with Gasteiger partial charge in [0, 0.05) is 10.6 Å². The number of nitrogens with zero attached hydrogens (tertiary/aromatic N) is 1. The van der Waals surface area contributed by atoms with E-state index in [0.29, 0.717) is 5.02 Å². The molecule has 1 heterocycles. The number of amides is 1. The molecule has 0 saturated heterocycles. The van der Waals surface area contributed by atoms with Gasteiger partial charge in [-0.1, -0.05) is 36.6 Å². The van der Waals surface area contributed by atoms with Gasteiger partial charge in [-0.05, 0) is 38.8 Å². The van der Waals surface area contributed by atoms with Crippen LogP contribution in [0.4, 0.5) is 0 Å². The number of benzene rings is 1. The van der Waals surface area contributed by atoms with Crippen LogP contribution in [0.1, 0.15) is 49.2 Å². The van der Waals surface area contributed by atoms with Crippen molar-refractivity contribution in [1.29, 1.82) is 0 Å². The van der Waals surface area contributed by atoms with Gasteiger partial charge < -0.3 is 11.1 Å². The molecule has 3 rings (SSSR count). The van der Waals surface area contributed by atoms with Gasteiger partial charge in [-0.25, -0.2) is 4.98 Å². The van der Waals surface area contributed by atoms with Crippen molar-refractivity contribution in [3.8, 4) is 10.6 Å². The summed E-state index contributed by atoms with van der Waals surface area (Å²) in [5.74, 6) is -0.0478. The van der Waals surface area contributed by atoms with Gasteiger partial charge in [0.15, 0.2) is 0 Å². The molecule has 2 aromatic rings. The summed E-state index contributed by atoms with van der Waals surface area (Å²) in [4.78, 5) is 18.2. The van der Waals surface area contributed by atoms with Crippen molar-refractivity contribution < 1.29 is 4.79 Å². The van der Waals surface area contributed by atoms with E-state index in [9.17, 15) is 4.79 Å². The van der Waals surface area contributed by atoms with Gasteiger partial charge in [-0.3, -0.25) is 4.79 Å². The van der Waals surface area contributed by atoms with E-state index in [1.807, 2.05) is 38.1 Å². The minimum Gasteiger partial charge on any atom is -0.347 e. The molecule has 1 aliphatic carbocycles. The number of hydrogen-bond donors (Lipinski definition) is 2. The van der Waals surface area contributed by atoms with Crippen molar-refractivity contribution >= 4 is 41.3 Å². The first-order valence-corrected chi connectivity index (χ1v) is 9.41. The van der Waals surface area contributed by atoms with Gasteiger partial charge in [-0.2, -0.15) is 0 Å². The quantitative estimate of drug-likeness (QED) is 0.786. The second-order valence-electron chi connectivity index (χ2n) is 6.53. The van der Waals surface area contributed by atoms with E-state index >= 15 is 0 Å². The number of hydrogen-bond acceptors (Lipinski definition) is 4. The Hall–Kier alpha value is -1.14. The number of rotatable bonds is 4. The Balaban J connectivity index is 0.00000225. The van der Waals surface area contributed by atoms with Gasteiger partial charge >= 0.3 is 0 Å². The molecule has 0 radical (unpaired) electrons. The summed E-state index contributed by atoms with van der Waals surface area (Å²) in [5.41, 5.74) is 7.51. The van der Waals surface area contributed by atoms with E-state index in [4.69, 9.17) is 17.3 Å². The predicted octanol–water partition coefficient (Wildman–Crippen LogP) is 4.64. The summed E-state index contributed by atoms with van der Waals surface area (Å²) in [7, 11) is 0. The molecular formula is C18H23Cl2N3OS. The highest BCUT2D eigenvalue weighted by Gasteiger charge is 2.37. The molecular weight excluding hydrogens is 377 g/mol. The Morgan fingerprint density at radius 3 is 2.52 bits per heavy atom. The summed E-state index contributed by atoms with van der Waals surface area (Å²) >= 11 is 7.54. The van der Waals surface area contributed by atoms with Crippen LogP contribution in [0.3, 0.4) is 0 Å². The lowest BCUT2D eigenvalue weighted by Gasteiger charge is -2.24. The Morgan fingerprint density at radius 2 is 1.92 bits per heavy atom. The number of nitrogens with two attached hydrogens (primary N) is 1. The molecule has 136 valence electrons. The van der Waals surface area contributed by atoms with Crippen molar-refractivity contribution in [1.82, 2.24) is 10.3 Å². The van der Waals surface area contributed by atoms with Crippen LogP contribution < -0.4 is 11.1 Å². The van der Waals surface area contributed by atoms with Gasteiger partial charge in [0.2, 0.25) is 5.91 Å². The van der Waals surface area contributed by atoms with E-state index in [2.05, 4.69) is 10.3 Å². The number of thiazole rings is 1. The van der Waals surface area contributed by atoms with Crippen molar-refractivity contribution in [2.75, 3.05) is 0 Å². The molecule has 1 aromatic carbocycles. The summed E-state index contributed by atoms with van der Waals surface area (Å²) in [6, 6.07) is 7.53. The highest BCUT2D eigenvalue weighted by Crippen LogP contribution is 2.33. The van der Waals surface area contributed by atoms with Crippen LogP contribution in [0.2, 0.25) is 5.02 Å². The van der Waals surface area contributed by atoms with E-state index in [-0.39, 0.29) is 24.4 Å². The maximum Gasteiger partial charge on any atom is 0.240 e. The molecule has 0 spiro atoms. The maximum atomic E-state index is 12.5. The molecule has 3 N–H and O–H groups in total. The topological polar surface area (TPSA) is 68.0 Å². The monoisotopic (exact) mass is 399 g/mol. The molecule has 1 aliphatic rings. The minimum atomic E-state index is -0.703. The number of carbonyl (C=O) groups excluding carboxylic acids is 1. The third-order valence-corrected chi connectivity index (χ3v) is 6.25. The van der Waals surface area contributed by atoms with Gasteiger partial charge in [0.25, 0.3) is 0 Å². The summed E-state index contributed by atoms with van der Waals surface area (Å²) < 4.78 is 0. The second-order valence-corrected chi connectivity index (χ2v) is 8.00. The van der Waals surface area contributed by atoms with Crippen molar-refractivity contribution in [2.24, 2.45) is 5.73 Å². The summed E-state index contributed by atoms with van der Waals surface area (Å²) in [6.07, 6.45) is 3.59. The van der Waals surface area contributed by atoms with Gasteiger partial charge in [0.1, 0.15) is 5.01 Å². The molecule has 1 fully saturated rings. The first kappa shape index (κ1) is 20.2. The van der Waals surface area contributed by atoms with Crippen molar-refractivity contribution in [3.05, 3.63) is 39.9 Å². The third kappa shape index (κ3) is 4.34. The van der Waals surface area contributed by atoms with Crippen LogP contribution >= 0.6 is 35.3 Å². The zero-order chi connectivity index (χ0) is 17.3. The molecule has 4 nitrogen and oxygen atoms in total. The highest BCUT2D eigenvalue weighted by molar-refractivity contribution is 7.15. The van der Waals surface area contributed by atoms with E-state index in [1.54, 1.807) is 11.3 Å². The number of aromatic nitrogens is 1. The lowest BCUT2D eigenvalue weighted by Crippen LogP contribution is -2.52. The average Bonchev–Trinajstić information content (AvgIpc) is 3.15. The van der Waals surface area contributed by atoms with Gasteiger partial charge in [-0.15, -0.1) is 23.7 Å². The fourth-order valence-electron chi connectivity index (χ4n) is 3.16. The number of aryl methyl sites for hydroxylation is 1.